The van der Waals surface area contributed by atoms with E-state index in [-0.39, 0.29) is 18.2 Å². The van der Waals surface area contributed by atoms with Crippen LogP contribution in [-0.2, 0) is 4.74 Å². The fourth-order valence-corrected chi connectivity index (χ4v) is 2.91. The van der Waals surface area contributed by atoms with Crippen molar-refractivity contribution in [1.82, 2.24) is 15.1 Å². The third-order valence-electron chi connectivity index (χ3n) is 4.09. The zero-order chi connectivity index (χ0) is 15.7. The molecule has 3 atom stereocenters. The summed E-state index contributed by atoms with van der Waals surface area (Å²) < 4.78 is 11.7. The van der Waals surface area contributed by atoms with E-state index < -0.39 is 0 Å². The van der Waals surface area contributed by atoms with Gasteiger partial charge in [-0.15, -0.1) is 10.2 Å². The van der Waals surface area contributed by atoms with Gasteiger partial charge in [0, 0.05) is 18.7 Å². The topological polar surface area (TPSA) is 51.4 Å². The number of hydrogen-bond donors (Lipinski definition) is 0. The Bertz CT molecular complexity index is 613. The number of nitrogens with zero attached hydrogens (tertiary/aromatic N) is 3. The molecule has 22 heavy (non-hydrogen) atoms. The van der Waals surface area contributed by atoms with Gasteiger partial charge in [0.25, 0.3) is 0 Å². The summed E-state index contributed by atoms with van der Waals surface area (Å²) in [6.45, 7) is 10.1. The van der Waals surface area contributed by atoms with Crippen LogP contribution >= 0.6 is 0 Å². The first-order valence-corrected chi connectivity index (χ1v) is 7.83. The number of aromatic nitrogens is 2. The molecule has 1 saturated heterocycles. The molecule has 2 heterocycles. The standard InChI is InChI=1S/C17H23N3O2/c1-11-5-7-15(8-6-11)17-19-18-16(22-17)14(4)20-9-12(2)21-13(3)10-20/h5-8,12-14H,9-10H2,1-4H3/t12-,13+,14-/m1/s1. The number of ether oxygens (including phenoxy) is 1. The minimum atomic E-state index is 0.0977. The van der Waals surface area contributed by atoms with Crippen molar-refractivity contribution in [2.75, 3.05) is 13.1 Å². The van der Waals surface area contributed by atoms with Gasteiger partial charge < -0.3 is 9.15 Å². The lowest BCUT2D eigenvalue weighted by Crippen LogP contribution is -2.46. The van der Waals surface area contributed by atoms with Crippen LogP contribution in [-0.4, -0.2) is 40.4 Å². The molecule has 0 amide bonds. The maximum Gasteiger partial charge on any atom is 0.247 e. The predicted octanol–water partition coefficient (Wildman–Crippen LogP) is 3.22. The fourth-order valence-electron chi connectivity index (χ4n) is 2.91. The van der Waals surface area contributed by atoms with Gasteiger partial charge in [-0.2, -0.15) is 0 Å². The lowest BCUT2D eigenvalue weighted by atomic mass is 10.1. The van der Waals surface area contributed by atoms with Gasteiger partial charge in [-0.05, 0) is 39.8 Å². The quantitative estimate of drug-likeness (QED) is 0.871. The van der Waals surface area contributed by atoms with Crippen molar-refractivity contribution >= 4 is 0 Å². The molecular weight excluding hydrogens is 278 g/mol. The van der Waals surface area contributed by atoms with Gasteiger partial charge in [0.1, 0.15) is 0 Å². The highest BCUT2D eigenvalue weighted by molar-refractivity contribution is 5.52. The van der Waals surface area contributed by atoms with Gasteiger partial charge in [0.05, 0.1) is 18.2 Å². The van der Waals surface area contributed by atoms with Crippen molar-refractivity contribution in [2.45, 2.75) is 45.9 Å². The lowest BCUT2D eigenvalue weighted by Gasteiger charge is -2.37. The Kier molecular flexibility index (Phi) is 4.27. The molecule has 118 valence electrons. The molecule has 1 aliphatic heterocycles. The Hall–Kier alpha value is -1.72. The summed E-state index contributed by atoms with van der Waals surface area (Å²) in [5.41, 5.74) is 2.17. The van der Waals surface area contributed by atoms with Crippen LogP contribution in [0.15, 0.2) is 28.7 Å². The highest BCUT2D eigenvalue weighted by atomic mass is 16.5. The molecule has 0 bridgehead atoms. The first-order valence-electron chi connectivity index (χ1n) is 7.83. The summed E-state index contributed by atoms with van der Waals surface area (Å²) in [7, 11) is 0. The summed E-state index contributed by atoms with van der Waals surface area (Å²) in [5, 5.41) is 8.44. The van der Waals surface area contributed by atoms with E-state index in [4.69, 9.17) is 9.15 Å². The minimum Gasteiger partial charge on any atom is -0.419 e. The summed E-state index contributed by atoms with van der Waals surface area (Å²) in [6, 6.07) is 8.22. The van der Waals surface area contributed by atoms with E-state index in [2.05, 4.69) is 42.8 Å². The number of rotatable bonds is 3. The van der Waals surface area contributed by atoms with Gasteiger partial charge >= 0.3 is 0 Å². The van der Waals surface area contributed by atoms with Crippen LogP contribution in [0.5, 0.6) is 0 Å². The molecule has 1 aromatic heterocycles. The van der Waals surface area contributed by atoms with E-state index in [1.54, 1.807) is 0 Å². The SMILES string of the molecule is Cc1ccc(-c2nnc([C@@H](C)N3C[C@@H](C)O[C@@H](C)C3)o2)cc1. The lowest BCUT2D eigenvalue weighted by molar-refractivity contribution is -0.0814. The van der Waals surface area contributed by atoms with Crippen molar-refractivity contribution in [2.24, 2.45) is 0 Å². The third-order valence-corrected chi connectivity index (χ3v) is 4.09. The molecule has 0 aliphatic carbocycles. The molecule has 5 heteroatoms. The van der Waals surface area contributed by atoms with Crippen LogP contribution in [0, 0.1) is 6.92 Å². The van der Waals surface area contributed by atoms with Gasteiger partial charge in [0.2, 0.25) is 11.8 Å². The van der Waals surface area contributed by atoms with Crippen molar-refractivity contribution < 1.29 is 9.15 Å². The molecule has 0 unspecified atom stereocenters. The van der Waals surface area contributed by atoms with Crippen molar-refractivity contribution in [1.29, 1.82) is 0 Å². The number of aryl methyl sites for hydroxylation is 1. The van der Waals surface area contributed by atoms with Crippen LogP contribution in [0.2, 0.25) is 0 Å². The van der Waals surface area contributed by atoms with E-state index >= 15 is 0 Å². The van der Waals surface area contributed by atoms with E-state index in [9.17, 15) is 0 Å². The molecule has 3 rings (SSSR count). The van der Waals surface area contributed by atoms with Gasteiger partial charge in [-0.3, -0.25) is 4.90 Å². The van der Waals surface area contributed by atoms with Crippen LogP contribution in [0.4, 0.5) is 0 Å². The van der Waals surface area contributed by atoms with E-state index in [1.165, 1.54) is 5.56 Å². The number of morpholine rings is 1. The highest BCUT2D eigenvalue weighted by Gasteiger charge is 2.29. The normalized spacial score (nSPS) is 24.4. The second-order valence-electron chi connectivity index (χ2n) is 6.20. The summed E-state index contributed by atoms with van der Waals surface area (Å²) in [6.07, 6.45) is 0.455. The zero-order valence-electron chi connectivity index (χ0n) is 13.6. The van der Waals surface area contributed by atoms with Gasteiger partial charge in [0.15, 0.2) is 0 Å². The molecule has 5 nitrogen and oxygen atoms in total. The van der Waals surface area contributed by atoms with Crippen LogP contribution in [0.25, 0.3) is 11.5 Å². The Balaban J connectivity index is 1.76. The van der Waals surface area contributed by atoms with Crippen molar-refractivity contribution in [3.8, 4) is 11.5 Å². The molecule has 1 aromatic carbocycles. The smallest absolute Gasteiger partial charge is 0.247 e. The first-order chi connectivity index (χ1) is 10.5. The molecule has 0 N–H and O–H groups in total. The molecule has 0 spiro atoms. The Morgan fingerprint density at radius 3 is 2.36 bits per heavy atom. The Morgan fingerprint density at radius 2 is 1.73 bits per heavy atom. The second-order valence-corrected chi connectivity index (χ2v) is 6.20. The molecule has 2 aromatic rings. The number of benzene rings is 1. The van der Waals surface area contributed by atoms with E-state index in [0.717, 1.165) is 18.7 Å². The van der Waals surface area contributed by atoms with Gasteiger partial charge in [-0.25, -0.2) is 0 Å². The average Bonchev–Trinajstić information content (AvgIpc) is 2.96. The van der Waals surface area contributed by atoms with E-state index in [0.29, 0.717) is 11.8 Å². The molecular formula is C17H23N3O2. The monoisotopic (exact) mass is 301 g/mol. The van der Waals surface area contributed by atoms with Crippen LogP contribution in [0.3, 0.4) is 0 Å². The summed E-state index contributed by atoms with van der Waals surface area (Å²) >= 11 is 0. The molecule has 1 fully saturated rings. The Labute approximate surface area is 131 Å². The van der Waals surface area contributed by atoms with Crippen molar-refractivity contribution in [3.05, 3.63) is 35.7 Å². The maximum absolute atomic E-state index is 5.89. The molecule has 0 saturated carbocycles. The predicted molar refractivity (Wildman–Crippen MR) is 84.5 cm³/mol. The van der Waals surface area contributed by atoms with Crippen LogP contribution < -0.4 is 0 Å². The zero-order valence-corrected chi connectivity index (χ0v) is 13.6. The summed E-state index contributed by atoms with van der Waals surface area (Å²) in [5.74, 6) is 1.24. The molecule has 1 aliphatic rings. The van der Waals surface area contributed by atoms with Crippen molar-refractivity contribution in [3.63, 3.8) is 0 Å². The van der Waals surface area contributed by atoms with E-state index in [1.807, 2.05) is 24.3 Å². The third kappa shape index (κ3) is 3.20. The highest BCUT2D eigenvalue weighted by Crippen LogP contribution is 2.26. The van der Waals surface area contributed by atoms with Crippen LogP contribution in [0.1, 0.15) is 38.3 Å². The van der Waals surface area contributed by atoms with Gasteiger partial charge in [-0.1, -0.05) is 17.7 Å². The second kappa shape index (κ2) is 6.18. The average molecular weight is 301 g/mol. The number of hydrogen-bond acceptors (Lipinski definition) is 5. The maximum atomic E-state index is 5.89. The Morgan fingerprint density at radius 1 is 1.09 bits per heavy atom. The summed E-state index contributed by atoms with van der Waals surface area (Å²) in [4.78, 5) is 2.34. The largest absolute Gasteiger partial charge is 0.419 e. The fraction of sp³-hybridized carbons (Fsp3) is 0.529. The minimum absolute atomic E-state index is 0.0977. The first kappa shape index (κ1) is 15.2. The molecule has 0 radical (unpaired) electrons.